The average molecular weight is 533 g/mol. The highest BCUT2D eigenvalue weighted by Gasteiger charge is 2.23. The molecule has 30 heavy (non-hydrogen) atoms. The first kappa shape index (κ1) is 24.9. The van der Waals surface area contributed by atoms with Gasteiger partial charge in [-0.15, -0.1) is 24.0 Å². The third-order valence-electron chi connectivity index (χ3n) is 5.93. The van der Waals surface area contributed by atoms with Crippen LogP contribution in [0, 0.1) is 5.92 Å². The van der Waals surface area contributed by atoms with E-state index in [4.69, 9.17) is 10.3 Å². The molecule has 9 nitrogen and oxygen atoms in total. The summed E-state index contributed by atoms with van der Waals surface area (Å²) in [5, 5.41) is 7.50. The molecule has 2 aliphatic heterocycles. The van der Waals surface area contributed by atoms with Crippen LogP contribution < -0.4 is 11.1 Å². The normalized spacial score (nSPS) is 19.5. The highest BCUT2D eigenvalue weighted by molar-refractivity contribution is 14.0. The van der Waals surface area contributed by atoms with Crippen molar-refractivity contribution in [3.8, 4) is 0 Å². The van der Waals surface area contributed by atoms with Crippen LogP contribution >= 0.6 is 24.0 Å². The minimum absolute atomic E-state index is 0. The number of aromatic nitrogens is 1. The van der Waals surface area contributed by atoms with Gasteiger partial charge < -0.3 is 25.4 Å². The summed E-state index contributed by atoms with van der Waals surface area (Å²) < 4.78 is 4.91. The molecule has 0 radical (unpaired) electrons. The van der Waals surface area contributed by atoms with E-state index in [-0.39, 0.29) is 35.8 Å². The molecule has 1 aromatic heterocycles. The Bertz CT molecular complexity index is 640. The monoisotopic (exact) mass is 533 g/mol. The summed E-state index contributed by atoms with van der Waals surface area (Å²) in [6, 6.07) is 1.92. The third kappa shape index (κ3) is 7.69. The quantitative estimate of drug-likeness (QED) is 0.222. The lowest BCUT2D eigenvalue weighted by Crippen LogP contribution is -2.52. The molecule has 0 aromatic carbocycles. The fourth-order valence-electron chi connectivity index (χ4n) is 4.10. The molecule has 3 N–H and O–H groups in total. The van der Waals surface area contributed by atoms with Gasteiger partial charge in [-0.3, -0.25) is 14.7 Å². The smallest absolute Gasteiger partial charge is 0.220 e. The Morgan fingerprint density at radius 2 is 1.93 bits per heavy atom. The van der Waals surface area contributed by atoms with E-state index < -0.39 is 0 Å². The second-order valence-corrected chi connectivity index (χ2v) is 7.95. The number of hydrogen-bond acceptors (Lipinski definition) is 6. The molecule has 0 spiro atoms. The molecule has 3 heterocycles. The molecule has 1 aromatic rings. The lowest BCUT2D eigenvalue weighted by Gasteiger charge is -2.36. The molecule has 0 unspecified atom stereocenters. The molecule has 2 aliphatic rings. The Morgan fingerprint density at radius 1 is 1.20 bits per heavy atom. The number of rotatable bonds is 8. The second kappa shape index (κ2) is 13.1. The van der Waals surface area contributed by atoms with Gasteiger partial charge in [-0.25, -0.2) is 0 Å². The first-order valence-electron chi connectivity index (χ1n) is 10.7. The van der Waals surface area contributed by atoms with Crippen molar-refractivity contribution < 1.29 is 9.32 Å². The molecular formula is C20H36IN7O2. The zero-order valence-electron chi connectivity index (χ0n) is 18.0. The summed E-state index contributed by atoms with van der Waals surface area (Å²) in [6.07, 6.45) is 5.70. The maximum absolute atomic E-state index is 11.2. The SMILES string of the molecule is CN=C(NCCCCN1CCC(C(N)=O)CC1)N1CCN(Cc2ccon2)CC1.I. The van der Waals surface area contributed by atoms with Crippen LogP contribution in [0.4, 0.5) is 0 Å². The van der Waals surface area contributed by atoms with Gasteiger partial charge in [0.15, 0.2) is 5.96 Å². The zero-order chi connectivity index (χ0) is 20.5. The summed E-state index contributed by atoms with van der Waals surface area (Å²) in [4.78, 5) is 22.9. The molecule has 10 heteroatoms. The topological polar surface area (TPSA) is 103 Å². The number of piperidine rings is 1. The van der Waals surface area contributed by atoms with Crippen molar-refractivity contribution in [2.24, 2.45) is 16.6 Å². The van der Waals surface area contributed by atoms with Gasteiger partial charge >= 0.3 is 0 Å². The summed E-state index contributed by atoms with van der Waals surface area (Å²) >= 11 is 0. The number of halogens is 1. The number of piperazine rings is 1. The number of amides is 1. The van der Waals surface area contributed by atoms with Crippen LogP contribution in [0.1, 0.15) is 31.4 Å². The Morgan fingerprint density at radius 3 is 2.53 bits per heavy atom. The van der Waals surface area contributed by atoms with Gasteiger partial charge in [0, 0.05) is 58.3 Å². The van der Waals surface area contributed by atoms with Gasteiger partial charge in [0.25, 0.3) is 0 Å². The van der Waals surface area contributed by atoms with Gasteiger partial charge in [0.2, 0.25) is 5.91 Å². The standard InChI is InChI=1S/C20H35N7O2.HI/c1-22-20(27-13-11-26(12-14-27)16-18-6-15-29-24-18)23-7-2-3-8-25-9-4-17(5-10-25)19(21)28;/h6,15,17H,2-5,7-14,16H2,1H3,(H2,21,28)(H,22,23);1H. The molecule has 170 valence electrons. The number of nitrogens with one attached hydrogen (secondary N) is 1. The number of aliphatic imine (C=N–C) groups is 1. The number of primary amides is 1. The molecule has 1 amide bonds. The Balaban J connectivity index is 0.00000320. The van der Waals surface area contributed by atoms with Crippen molar-refractivity contribution in [1.29, 1.82) is 0 Å². The van der Waals surface area contributed by atoms with Crippen molar-refractivity contribution in [3.05, 3.63) is 18.0 Å². The van der Waals surface area contributed by atoms with Gasteiger partial charge in [-0.1, -0.05) is 5.16 Å². The second-order valence-electron chi connectivity index (χ2n) is 7.95. The zero-order valence-corrected chi connectivity index (χ0v) is 20.3. The fourth-order valence-corrected chi connectivity index (χ4v) is 4.10. The molecule has 2 saturated heterocycles. The molecule has 0 bridgehead atoms. The van der Waals surface area contributed by atoms with E-state index >= 15 is 0 Å². The molecule has 0 saturated carbocycles. The van der Waals surface area contributed by atoms with E-state index in [9.17, 15) is 4.79 Å². The average Bonchev–Trinajstić information content (AvgIpc) is 3.25. The number of nitrogens with zero attached hydrogens (tertiary/aromatic N) is 5. The van der Waals surface area contributed by atoms with Gasteiger partial charge in [0.1, 0.15) is 6.26 Å². The lowest BCUT2D eigenvalue weighted by molar-refractivity contribution is -0.123. The minimum atomic E-state index is -0.140. The largest absolute Gasteiger partial charge is 0.369 e. The number of likely N-dealkylation sites (tertiary alicyclic amines) is 1. The molecule has 0 aliphatic carbocycles. The molecule has 0 atom stereocenters. The van der Waals surface area contributed by atoms with E-state index in [0.717, 1.165) is 96.2 Å². The number of guanidine groups is 1. The molecule has 2 fully saturated rings. The van der Waals surface area contributed by atoms with Crippen LogP contribution in [0.3, 0.4) is 0 Å². The number of nitrogens with two attached hydrogens (primary N) is 1. The van der Waals surface area contributed by atoms with Crippen LogP contribution in [0.5, 0.6) is 0 Å². The predicted molar refractivity (Wildman–Crippen MR) is 128 cm³/mol. The van der Waals surface area contributed by atoms with Crippen molar-refractivity contribution in [2.75, 3.05) is 59.4 Å². The van der Waals surface area contributed by atoms with E-state index in [1.807, 2.05) is 13.1 Å². The molecular weight excluding hydrogens is 497 g/mol. The first-order chi connectivity index (χ1) is 14.2. The fraction of sp³-hybridized carbons (Fsp3) is 0.750. The van der Waals surface area contributed by atoms with Crippen LogP contribution in [0.2, 0.25) is 0 Å². The Kier molecular flexibility index (Phi) is 10.9. The van der Waals surface area contributed by atoms with E-state index in [1.54, 1.807) is 6.26 Å². The first-order valence-corrected chi connectivity index (χ1v) is 10.7. The summed E-state index contributed by atoms with van der Waals surface area (Å²) in [7, 11) is 1.85. The van der Waals surface area contributed by atoms with Crippen LogP contribution in [-0.4, -0.2) is 91.1 Å². The minimum Gasteiger partial charge on any atom is -0.369 e. The van der Waals surface area contributed by atoms with Crippen molar-refractivity contribution in [2.45, 2.75) is 32.2 Å². The Hall–Kier alpha value is -1.40. The van der Waals surface area contributed by atoms with Crippen molar-refractivity contribution in [3.63, 3.8) is 0 Å². The number of hydrogen-bond donors (Lipinski definition) is 2. The van der Waals surface area contributed by atoms with E-state index in [1.165, 1.54) is 0 Å². The summed E-state index contributed by atoms with van der Waals surface area (Å²) in [5.74, 6) is 0.931. The van der Waals surface area contributed by atoms with Crippen LogP contribution in [0.15, 0.2) is 21.8 Å². The summed E-state index contributed by atoms with van der Waals surface area (Å²) in [6.45, 7) is 8.76. The summed E-state index contributed by atoms with van der Waals surface area (Å²) in [5.41, 5.74) is 6.39. The van der Waals surface area contributed by atoms with Crippen molar-refractivity contribution >= 4 is 35.8 Å². The number of carbonyl (C=O) groups is 1. The van der Waals surface area contributed by atoms with Gasteiger partial charge in [-0.05, 0) is 45.3 Å². The molecule has 3 rings (SSSR count). The van der Waals surface area contributed by atoms with Crippen LogP contribution in [0.25, 0.3) is 0 Å². The van der Waals surface area contributed by atoms with E-state index in [2.05, 4.69) is 30.2 Å². The van der Waals surface area contributed by atoms with Crippen molar-refractivity contribution in [1.82, 2.24) is 25.2 Å². The highest BCUT2D eigenvalue weighted by atomic mass is 127. The lowest BCUT2D eigenvalue weighted by atomic mass is 9.96. The number of unbranched alkanes of at least 4 members (excludes halogenated alkanes) is 1. The van der Waals surface area contributed by atoms with E-state index in [0.29, 0.717) is 0 Å². The third-order valence-corrected chi connectivity index (χ3v) is 5.93. The highest BCUT2D eigenvalue weighted by Crippen LogP contribution is 2.16. The maximum atomic E-state index is 11.2. The van der Waals surface area contributed by atoms with Crippen LogP contribution in [-0.2, 0) is 11.3 Å². The van der Waals surface area contributed by atoms with Gasteiger partial charge in [-0.2, -0.15) is 0 Å². The van der Waals surface area contributed by atoms with Gasteiger partial charge in [0.05, 0.1) is 5.69 Å². The Labute approximate surface area is 196 Å². The number of carbonyl (C=O) groups excluding carboxylic acids is 1. The maximum Gasteiger partial charge on any atom is 0.220 e. The predicted octanol–water partition coefficient (Wildman–Crippen LogP) is 0.963.